The van der Waals surface area contributed by atoms with Gasteiger partial charge in [-0.3, -0.25) is 4.90 Å². The molecule has 0 aromatic carbocycles. The van der Waals surface area contributed by atoms with Gasteiger partial charge in [-0.15, -0.1) is 0 Å². The van der Waals surface area contributed by atoms with E-state index in [1.54, 1.807) is 6.26 Å². The lowest BCUT2D eigenvalue weighted by molar-refractivity contribution is -0.0383. The van der Waals surface area contributed by atoms with Gasteiger partial charge in [0, 0.05) is 19.1 Å². The number of methoxy groups -OCH3 is 1. The highest BCUT2D eigenvalue weighted by atomic mass is 16.5. The first-order valence-electron chi connectivity index (χ1n) is 8.41. The fraction of sp³-hybridized carbons (Fsp3) is 0.647. The Morgan fingerprint density at radius 3 is 3.13 bits per heavy atom. The molecule has 1 spiro atoms. The van der Waals surface area contributed by atoms with Gasteiger partial charge in [0.15, 0.2) is 5.76 Å². The minimum atomic E-state index is 0.316. The molecule has 2 atom stereocenters. The molecule has 0 unspecified atom stereocenters. The third-order valence-electron chi connectivity index (χ3n) is 5.36. The lowest BCUT2D eigenvalue weighted by Crippen LogP contribution is -2.47. The predicted octanol–water partition coefficient (Wildman–Crippen LogP) is 3.11. The van der Waals surface area contributed by atoms with Crippen molar-refractivity contribution in [2.75, 3.05) is 20.2 Å². The average molecular weight is 317 g/mol. The summed E-state index contributed by atoms with van der Waals surface area (Å²) in [5, 5.41) is 4.01. The Balaban J connectivity index is 1.45. The van der Waals surface area contributed by atoms with Gasteiger partial charge in [0.05, 0.1) is 18.9 Å². The minimum absolute atomic E-state index is 0.316. The van der Waals surface area contributed by atoms with Gasteiger partial charge in [0.1, 0.15) is 0 Å². The van der Waals surface area contributed by atoms with Crippen LogP contribution >= 0.6 is 0 Å². The van der Waals surface area contributed by atoms with E-state index in [0.29, 0.717) is 35.5 Å². The maximum Gasteiger partial charge on any atom is 0.241 e. The predicted molar refractivity (Wildman–Crippen MR) is 83.6 cm³/mol. The molecule has 23 heavy (non-hydrogen) atoms. The van der Waals surface area contributed by atoms with Gasteiger partial charge >= 0.3 is 0 Å². The van der Waals surface area contributed by atoms with Gasteiger partial charge in [-0.1, -0.05) is 11.6 Å². The fourth-order valence-corrected chi connectivity index (χ4v) is 4.35. The summed E-state index contributed by atoms with van der Waals surface area (Å²) in [6, 6.07) is 3.66. The Morgan fingerprint density at radius 2 is 2.30 bits per heavy atom. The van der Waals surface area contributed by atoms with Crippen LogP contribution in [0.3, 0.4) is 0 Å². The van der Waals surface area contributed by atoms with E-state index in [1.165, 1.54) is 32.1 Å². The minimum Gasteiger partial charge on any atom is -0.461 e. The third-order valence-corrected chi connectivity index (χ3v) is 5.36. The molecule has 6 heteroatoms. The van der Waals surface area contributed by atoms with Gasteiger partial charge in [-0.25, -0.2) is 0 Å². The molecule has 2 fully saturated rings. The van der Waals surface area contributed by atoms with Crippen LogP contribution in [-0.4, -0.2) is 41.3 Å². The van der Waals surface area contributed by atoms with E-state index in [2.05, 4.69) is 15.0 Å². The number of hydrogen-bond acceptors (Lipinski definition) is 6. The van der Waals surface area contributed by atoms with E-state index in [0.717, 1.165) is 13.1 Å². The number of ether oxygens (including phenoxy) is 1. The van der Waals surface area contributed by atoms with Crippen molar-refractivity contribution in [3.63, 3.8) is 0 Å². The first-order chi connectivity index (χ1) is 11.3. The van der Waals surface area contributed by atoms with E-state index in [1.807, 2.05) is 19.2 Å². The molecule has 0 N–H and O–H groups in total. The van der Waals surface area contributed by atoms with Crippen LogP contribution in [0.5, 0.6) is 0 Å². The lowest BCUT2D eigenvalue weighted by atomic mass is 9.76. The van der Waals surface area contributed by atoms with E-state index < -0.39 is 0 Å². The maximum absolute atomic E-state index is 5.77. The van der Waals surface area contributed by atoms with Crippen molar-refractivity contribution in [1.82, 2.24) is 15.0 Å². The zero-order chi connectivity index (χ0) is 15.7. The molecule has 1 aliphatic carbocycles. The first kappa shape index (κ1) is 14.9. The number of nitrogens with zero attached hydrogens (tertiary/aromatic N) is 3. The molecule has 2 aliphatic rings. The topological polar surface area (TPSA) is 64.5 Å². The fourth-order valence-electron chi connectivity index (χ4n) is 4.35. The molecular weight excluding hydrogens is 294 g/mol. The van der Waals surface area contributed by atoms with Gasteiger partial charge in [0.2, 0.25) is 11.7 Å². The normalized spacial score (nSPS) is 28.7. The highest BCUT2D eigenvalue weighted by Gasteiger charge is 2.45. The van der Waals surface area contributed by atoms with Crippen molar-refractivity contribution < 1.29 is 13.7 Å². The molecule has 4 rings (SSSR count). The Labute approximate surface area is 135 Å². The van der Waals surface area contributed by atoms with Crippen LogP contribution in [0.1, 0.15) is 38.0 Å². The van der Waals surface area contributed by atoms with Crippen molar-refractivity contribution in [2.24, 2.45) is 5.41 Å². The molecule has 0 bridgehead atoms. The van der Waals surface area contributed by atoms with Crippen LogP contribution in [0.2, 0.25) is 0 Å². The van der Waals surface area contributed by atoms with E-state index in [-0.39, 0.29) is 0 Å². The molecule has 0 amide bonds. The first-order valence-corrected chi connectivity index (χ1v) is 8.41. The van der Waals surface area contributed by atoms with Crippen LogP contribution in [0.15, 0.2) is 27.3 Å². The van der Waals surface area contributed by atoms with Crippen LogP contribution in [0.4, 0.5) is 0 Å². The van der Waals surface area contributed by atoms with Crippen LogP contribution in [0.25, 0.3) is 11.6 Å². The maximum atomic E-state index is 5.77. The Morgan fingerprint density at radius 1 is 1.39 bits per heavy atom. The Kier molecular flexibility index (Phi) is 3.95. The van der Waals surface area contributed by atoms with Crippen molar-refractivity contribution in [2.45, 2.75) is 44.8 Å². The van der Waals surface area contributed by atoms with Crippen molar-refractivity contribution in [1.29, 1.82) is 0 Å². The summed E-state index contributed by atoms with van der Waals surface area (Å²) in [4.78, 5) is 6.89. The summed E-state index contributed by atoms with van der Waals surface area (Å²) >= 11 is 0. The SMILES string of the molecule is CO[C@@H]1CCC[C@]12CCCN(Cc1nc(-c3ccco3)no1)C2. The van der Waals surface area contributed by atoms with E-state index in [9.17, 15) is 0 Å². The lowest BCUT2D eigenvalue weighted by Gasteiger charge is -2.43. The molecule has 0 radical (unpaired) electrons. The number of hydrogen-bond donors (Lipinski definition) is 0. The molecular formula is C17H23N3O3. The second-order valence-corrected chi connectivity index (χ2v) is 6.78. The smallest absolute Gasteiger partial charge is 0.241 e. The zero-order valence-corrected chi connectivity index (χ0v) is 13.5. The molecule has 124 valence electrons. The van der Waals surface area contributed by atoms with E-state index >= 15 is 0 Å². The summed E-state index contributed by atoms with van der Waals surface area (Å²) in [5.74, 6) is 1.82. The van der Waals surface area contributed by atoms with Crippen molar-refractivity contribution in [3.8, 4) is 11.6 Å². The zero-order valence-electron chi connectivity index (χ0n) is 13.5. The van der Waals surface area contributed by atoms with Crippen LogP contribution < -0.4 is 0 Å². The molecule has 3 heterocycles. The summed E-state index contributed by atoms with van der Waals surface area (Å²) in [6.07, 6.45) is 8.21. The number of piperidine rings is 1. The molecule has 6 nitrogen and oxygen atoms in total. The van der Waals surface area contributed by atoms with E-state index in [4.69, 9.17) is 13.7 Å². The quantitative estimate of drug-likeness (QED) is 0.863. The summed E-state index contributed by atoms with van der Waals surface area (Å²) < 4.78 is 16.5. The monoisotopic (exact) mass is 317 g/mol. The van der Waals surface area contributed by atoms with Gasteiger partial charge in [-0.2, -0.15) is 4.98 Å². The molecule has 1 aliphatic heterocycles. The summed E-state index contributed by atoms with van der Waals surface area (Å²) in [6.45, 7) is 2.84. The number of aromatic nitrogens is 2. The summed E-state index contributed by atoms with van der Waals surface area (Å²) in [7, 11) is 1.85. The average Bonchev–Trinajstić information content (AvgIpc) is 3.28. The Hall–Kier alpha value is -1.66. The molecule has 2 aromatic heterocycles. The molecule has 2 aromatic rings. The van der Waals surface area contributed by atoms with Gasteiger partial charge in [0.25, 0.3) is 0 Å². The highest BCUT2D eigenvalue weighted by Crippen LogP contribution is 2.46. The largest absolute Gasteiger partial charge is 0.461 e. The molecule has 1 saturated carbocycles. The number of likely N-dealkylation sites (tertiary alicyclic amines) is 1. The van der Waals surface area contributed by atoms with Crippen molar-refractivity contribution in [3.05, 3.63) is 24.3 Å². The van der Waals surface area contributed by atoms with Gasteiger partial charge < -0.3 is 13.7 Å². The standard InChI is InChI=1S/C17H23N3O3/c1-21-14-6-2-7-17(14)8-4-9-20(12-17)11-15-18-16(19-23-15)13-5-3-10-22-13/h3,5,10,14H,2,4,6-9,11-12H2,1H3/t14-,17-/m1/s1. The van der Waals surface area contributed by atoms with Crippen LogP contribution in [0, 0.1) is 5.41 Å². The van der Waals surface area contributed by atoms with Crippen molar-refractivity contribution >= 4 is 0 Å². The van der Waals surface area contributed by atoms with Crippen LogP contribution in [-0.2, 0) is 11.3 Å². The van der Waals surface area contributed by atoms with Gasteiger partial charge in [-0.05, 0) is 44.4 Å². The second kappa shape index (κ2) is 6.09. The molecule has 1 saturated heterocycles. The Bertz CT molecular complexity index is 639. The second-order valence-electron chi connectivity index (χ2n) is 6.78. The summed E-state index contributed by atoms with van der Waals surface area (Å²) in [5.41, 5.74) is 0.316. The number of furan rings is 1. The highest BCUT2D eigenvalue weighted by molar-refractivity contribution is 5.44. The third kappa shape index (κ3) is 2.81. The number of rotatable bonds is 4.